The van der Waals surface area contributed by atoms with Crippen molar-refractivity contribution in [3.05, 3.63) is 35.7 Å². The first kappa shape index (κ1) is 21.4. The Hall–Kier alpha value is -1.81. The number of nitrogens with zero attached hydrogens (tertiary/aromatic N) is 1. The summed E-state index contributed by atoms with van der Waals surface area (Å²) in [4.78, 5) is 8.38. The number of rotatable bonds is 7. The minimum absolute atomic E-state index is 0.575. The molecule has 1 aromatic carbocycles. The van der Waals surface area contributed by atoms with Gasteiger partial charge in [0.1, 0.15) is 11.6 Å². The molecular weight excluding hydrogens is 370 g/mol. The summed E-state index contributed by atoms with van der Waals surface area (Å²) in [7, 11) is 1.71. The number of hydrogen-bond acceptors (Lipinski definition) is 3. The van der Waals surface area contributed by atoms with Crippen molar-refractivity contribution in [1.29, 1.82) is 0 Å². The van der Waals surface area contributed by atoms with Crippen LogP contribution in [0.1, 0.15) is 65.1 Å². The minimum atomic E-state index is 0.575. The highest BCUT2D eigenvalue weighted by Crippen LogP contribution is 2.39. The average molecular weight is 410 g/mol. The third-order valence-corrected chi connectivity index (χ3v) is 7.51. The first-order chi connectivity index (χ1) is 14.5. The van der Waals surface area contributed by atoms with Gasteiger partial charge in [0, 0.05) is 25.1 Å². The predicted molar refractivity (Wildman–Crippen MR) is 125 cm³/mol. The van der Waals surface area contributed by atoms with Gasteiger partial charge in [0.25, 0.3) is 0 Å². The second kappa shape index (κ2) is 9.55. The van der Waals surface area contributed by atoms with Crippen LogP contribution in [0.25, 0.3) is 11.0 Å². The second-order valence-electron chi connectivity index (χ2n) is 9.93. The highest BCUT2D eigenvalue weighted by molar-refractivity contribution is 5.76. The summed E-state index contributed by atoms with van der Waals surface area (Å²) in [5.41, 5.74) is 3.63. The number of fused-ring (bicyclic) bond motifs is 1. The minimum Gasteiger partial charge on any atom is -0.497 e. The Balaban J connectivity index is 1.45. The second-order valence-corrected chi connectivity index (χ2v) is 9.93. The first-order valence-corrected chi connectivity index (χ1v) is 12.0. The highest BCUT2D eigenvalue weighted by Gasteiger charge is 2.32. The summed E-state index contributed by atoms with van der Waals surface area (Å²) in [5.74, 6) is 4.64. The highest BCUT2D eigenvalue weighted by atomic mass is 16.5. The molecule has 1 fully saturated rings. The zero-order valence-electron chi connectivity index (χ0n) is 19.2. The first-order valence-electron chi connectivity index (χ1n) is 12.0. The summed E-state index contributed by atoms with van der Waals surface area (Å²) in [6, 6.07) is 6.81. The molecular formula is C26H39N3O. The number of methoxy groups -OCH3 is 1. The van der Waals surface area contributed by atoms with Gasteiger partial charge < -0.3 is 15.0 Å². The maximum atomic E-state index is 5.35. The standard InChI is InChI=1S/C26H39N3O/c1-17(2)23-13-19(14-26-28-24-11-10-22(30-4)15-25(24)29-26)18(3)12-20(23)16-27-21-8-6-5-7-9-21/h10-12,15,17,19-21,23,27H,5-9,13-14,16H2,1-4H3,(H,28,29). The summed E-state index contributed by atoms with van der Waals surface area (Å²) in [6.07, 6.45) is 11.8. The van der Waals surface area contributed by atoms with Gasteiger partial charge in [-0.15, -0.1) is 0 Å². The van der Waals surface area contributed by atoms with Crippen molar-refractivity contribution < 1.29 is 4.74 Å². The van der Waals surface area contributed by atoms with E-state index in [1.54, 1.807) is 12.7 Å². The molecule has 3 unspecified atom stereocenters. The van der Waals surface area contributed by atoms with Gasteiger partial charge in [-0.2, -0.15) is 0 Å². The van der Waals surface area contributed by atoms with Crippen LogP contribution < -0.4 is 10.1 Å². The van der Waals surface area contributed by atoms with E-state index in [2.05, 4.69) is 37.1 Å². The van der Waals surface area contributed by atoms with E-state index < -0.39 is 0 Å². The zero-order chi connectivity index (χ0) is 21.1. The molecule has 0 amide bonds. The Labute approximate surface area is 181 Å². The molecule has 164 valence electrons. The van der Waals surface area contributed by atoms with Gasteiger partial charge in [0.2, 0.25) is 0 Å². The number of imidazole rings is 1. The topological polar surface area (TPSA) is 49.9 Å². The van der Waals surface area contributed by atoms with Crippen molar-refractivity contribution >= 4 is 11.0 Å². The number of H-pyrrole nitrogens is 1. The van der Waals surface area contributed by atoms with Crippen molar-refractivity contribution in [3.63, 3.8) is 0 Å². The fourth-order valence-corrected chi connectivity index (χ4v) is 5.62. The van der Waals surface area contributed by atoms with Crippen LogP contribution in [0.2, 0.25) is 0 Å². The predicted octanol–water partition coefficient (Wildman–Crippen LogP) is 5.89. The van der Waals surface area contributed by atoms with Gasteiger partial charge in [0.05, 0.1) is 18.1 Å². The average Bonchev–Trinajstić information content (AvgIpc) is 3.15. The molecule has 4 rings (SSSR count). The Bertz CT molecular complexity index is 862. The quantitative estimate of drug-likeness (QED) is 0.561. The lowest BCUT2D eigenvalue weighted by molar-refractivity contribution is 0.213. The molecule has 0 saturated heterocycles. The van der Waals surface area contributed by atoms with E-state index in [0.29, 0.717) is 17.8 Å². The number of ether oxygens (including phenoxy) is 1. The molecule has 1 aromatic heterocycles. The molecule has 0 aliphatic heterocycles. The number of benzene rings is 1. The van der Waals surface area contributed by atoms with Crippen LogP contribution in [0.4, 0.5) is 0 Å². The van der Waals surface area contributed by atoms with Crippen LogP contribution in [0.5, 0.6) is 5.75 Å². The third kappa shape index (κ3) is 4.91. The maximum Gasteiger partial charge on any atom is 0.121 e. The summed E-state index contributed by atoms with van der Waals surface area (Å²) in [6.45, 7) is 8.27. The number of nitrogens with one attached hydrogen (secondary N) is 2. The number of aromatic nitrogens is 2. The molecule has 0 bridgehead atoms. The fourth-order valence-electron chi connectivity index (χ4n) is 5.62. The molecule has 30 heavy (non-hydrogen) atoms. The number of hydrogen-bond donors (Lipinski definition) is 2. The van der Waals surface area contributed by atoms with Gasteiger partial charge in [-0.05, 0) is 62.0 Å². The lowest BCUT2D eigenvalue weighted by atomic mass is 9.69. The molecule has 0 radical (unpaired) electrons. The van der Waals surface area contributed by atoms with Crippen LogP contribution in [-0.4, -0.2) is 29.7 Å². The summed E-state index contributed by atoms with van der Waals surface area (Å²) in [5, 5.41) is 3.91. The van der Waals surface area contributed by atoms with E-state index in [1.807, 2.05) is 18.2 Å². The van der Waals surface area contributed by atoms with E-state index in [1.165, 1.54) is 38.5 Å². The molecule has 0 spiro atoms. The Morgan fingerprint density at radius 1 is 1.20 bits per heavy atom. The van der Waals surface area contributed by atoms with Crippen LogP contribution in [0.15, 0.2) is 29.8 Å². The number of allylic oxidation sites excluding steroid dienone is 1. The van der Waals surface area contributed by atoms with E-state index in [0.717, 1.165) is 47.5 Å². The molecule has 1 saturated carbocycles. The molecule has 1 heterocycles. The largest absolute Gasteiger partial charge is 0.497 e. The molecule has 2 aromatic rings. The Morgan fingerprint density at radius 2 is 2.00 bits per heavy atom. The Morgan fingerprint density at radius 3 is 2.73 bits per heavy atom. The molecule has 3 atom stereocenters. The van der Waals surface area contributed by atoms with E-state index >= 15 is 0 Å². The third-order valence-electron chi connectivity index (χ3n) is 7.51. The van der Waals surface area contributed by atoms with Gasteiger partial charge in [-0.1, -0.05) is 44.8 Å². The fraction of sp³-hybridized carbons (Fsp3) is 0.654. The van der Waals surface area contributed by atoms with E-state index in [4.69, 9.17) is 9.72 Å². The van der Waals surface area contributed by atoms with Crippen LogP contribution in [0, 0.1) is 23.7 Å². The van der Waals surface area contributed by atoms with Gasteiger partial charge in [-0.25, -0.2) is 4.98 Å². The maximum absolute atomic E-state index is 5.35. The molecule has 4 nitrogen and oxygen atoms in total. The van der Waals surface area contributed by atoms with Crippen molar-refractivity contribution in [1.82, 2.24) is 15.3 Å². The van der Waals surface area contributed by atoms with Gasteiger partial charge in [-0.3, -0.25) is 0 Å². The molecule has 4 heteroatoms. The van der Waals surface area contributed by atoms with Crippen molar-refractivity contribution in [3.8, 4) is 5.75 Å². The lowest BCUT2D eigenvalue weighted by Crippen LogP contribution is -2.39. The molecule has 2 N–H and O–H groups in total. The Kier molecular flexibility index (Phi) is 6.82. The summed E-state index contributed by atoms with van der Waals surface area (Å²) < 4.78 is 5.35. The van der Waals surface area contributed by atoms with E-state index in [9.17, 15) is 0 Å². The van der Waals surface area contributed by atoms with Crippen LogP contribution >= 0.6 is 0 Å². The van der Waals surface area contributed by atoms with Crippen molar-refractivity contribution in [2.75, 3.05) is 13.7 Å². The lowest BCUT2D eigenvalue weighted by Gasteiger charge is -2.38. The monoisotopic (exact) mass is 409 g/mol. The van der Waals surface area contributed by atoms with Gasteiger partial charge >= 0.3 is 0 Å². The molecule has 2 aliphatic carbocycles. The van der Waals surface area contributed by atoms with Gasteiger partial charge in [0.15, 0.2) is 0 Å². The SMILES string of the molecule is COc1ccc2nc(CC3CC(C(C)C)C(CNC4CCCCC4)C=C3C)[nH]c2c1. The molecule has 2 aliphatic rings. The van der Waals surface area contributed by atoms with E-state index in [-0.39, 0.29) is 0 Å². The van der Waals surface area contributed by atoms with Crippen LogP contribution in [-0.2, 0) is 6.42 Å². The summed E-state index contributed by atoms with van der Waals surface area (Å²) >= 11 is 0. The normalized spacial score (nSPS) is 25.6. The van der Waals surface area contributed by atoms with Crippen molar-refractivity contribution in [2.45, 2.75) is 71.8 Å². The zero-order valence-corrected chi connectivity index (χ0v) is 19.2. The smallest absolute Gasteiger partial charge is 0.121 e. The number of aromatic amines is 1. The van der Waals surface area contributed by atoms with Crippen LogP contribution in [0.3, 0.4) is 0 Å². The van der Waals surface area contributed by atoms with Crippen molar-refractivity contribution in [2.24, 2.45) is 23.7 Å².